The number of aliphatic carboxylic acids is 1. The van der Waals surface area contributed by atoms with E-state index in [2.05, 4.69) is 5.10 Å². The quantitative estimate of drug-likeness (QED) is 0.918. The number of amides is 1. The third-order valence-corrected chi connectivity index (χ3v) is 3.38. The van der Waals surface area contributed by atoms with Crippen molar-refractivity contribution in [2.75, 3.05) is 6.54 Å². The van der Waals surface area contributed by atoms with Crippen LogP contribution >= 0.6 is 0 Å². The normalized spacial score (nSPS) is 10.7. The molecule has 0 aliphatic heterocycles. The Labute approximate surface area is 129 Å². The van der Waals surface area contributed by atoms with Gasteiger partial charge in [-0.2, -0.15) is 5.10 Å². The number of carbonyl (C=O) groups excluding carboxylic acids is 1. The highest BCUT2D eigenvalue weighted by Gasteiger charge is 2.21. The van der Waals surface area contributed by atoms with E-state index < -0.39 is 5.97 Å². The molecule has 116 valence electrons. The summed E-state index contributed by atoms with van der Waals surface area (Å²) in [7, 11) is 0. The average molecular weight is 301 g/mol. The van der Waals surface area contributed by atoms with E-state index in [1.54, 1.807) is 36.9 Å². The molecule has 0 aliphatic rings. The number of benzene rings is 1. The fourth-order valence-corrected chi connectivity index (χ4v) is 2.26. The van der Waals surface area contributed by atoms with E-state index in [0.717, 1.165) is 11.3 Å². The van der Waals surface area contributed by atoms with Gasteiger partial charge in [0.2, 0.25) is 0 Å². The van der Waals surface area contributed by atoms with Gasteiger partial charge >= 0.3 is 5.97 Å². The number of nitrogens with zero attached hydrogens (tertiary/aromatic N) is 3. The number of carbonyl (C=O) groups is 2. The van der Waals surface area contributed by atoms with Gasteiger partial charge < -0.3 is 10.0 Å². The van der Waals surface area contributed by atoms with Crippen LogP contribution < -0.4 is 0 Å². The predicted octanol–water partition coefficient (Wildman–Crippen LogP) is 2.12. The van der Waals surface area contributed by atoms with E-state index in [-0.39, 0.29) is 18.5 Å². The molecule has 6 nitrogen and oxygen atoms in total. The molecule has 0 radical (unpaired) electrons. The Morgan fingerprint density at radius 1 is 1.36 bits per heavy atom. The number of carboxylic acid groups (broad SMARTS) is 1. The molecular weight excluding hydrogens is 282 g/mol. The second-order valence-electron chi connectivity index (χ2n) is 5.37. The Morgan fingerprint density at radius 3 is 2.59 bits per heavy atom. The van der Waals surface area contributed by atoms with Gasteiger partial charge in [-0.3, -0.25) is 9.59 Å². The van der Waals surface area contributed by atoms with Gasteiger partial charge in [0.05, 0.1) is 5.69 Å². The van der Waals surface area contributed by atoms with Gasteiger partial charge in [0.15, 0.2) is 0 Å². The molecular formula is C16H19N3O3. The molecule has 2 rings (SSSR count). The van der Waals surface area contributed by atoms with Gasteiger partial charge in [-0.05, 0) is 50.6 Å². The second kappa shape index (κ2) is 6.43. The van der Waals surface area contributed by atoms with Crippen molar-refractivity contribution in [3.05, 3.63) is 47.8 Å². The molecule has 1 amide bonds. The highest BCUT2D eigenvalue weighted by molar-refractivity contribution is 5.96. The van der Waals surface area contributed by atoms with Crippen LogP contribution in [0.4, 0.5) is 0 Å². The monoisotopic (exact) mass is 301 g/mol. The Hall–Kier alpha value is -2.63. The Kier molecular flexibility index (Phi) is 4.60. The summed E-state index contributed by atoms with van der Waals surface area (Å²) in [5, 5.41) is 13.1. The molecule has 22 heavy (non-hydrogen) atoms. The maximum Gasteiger partial charge on any atom is 0.323 e. The van der Waals surface area contributed by atoms with Crippen LogP contribution in [-0.2, 0) is 4.79 Å². The van der Waals surface area contributed by atoms with Crippen LogP contribution in [0.5, 0.6) is 0 Å². The number of carboxylic acids is 1. The van der Waals surface area contributed by atoms with Crippen molar-refractivity contribution < 1.29 is 14.7 Å². The maximum atomic E-state index is 12.5. The number of hydrogen-bond acceptors (Lipinski definition) is 3. The lowest BCUT2D eigenvalue weighted by atomic mass is 10.1. The molecule has 0 atom stereocenters. The van der Waals surface area contributed by atoms with Crippen LogP contribution in [0, 0.1) is 6.92 Å². The third-order valence-electron chi connectivity index (χ3n) is 3.38. The maximum absolute atomic E-state index is 12.5. The molecule has 6 heteroatoms. The number of aromatic nitrogens is 2. The topological polar surface area (TPSA) is 75.4 Å². The molecule has 1 N–H and O–H groups in total. The highest BCUT2D eigenvalue weighted by Crippen LogP contribution is 2.17. The minimum absolute atomic E-state index is 0.185. The first-order valence-corrected chi connectivity index (χ1v) is 7.03. The van der Waals surface area contributed by atoms with Gasteiger partial charge in [-0.15, -0.1) is 0 Å². The van der Waals surface area contributed by atoms with Crippen molar-refractivity contribution in [1.29, 1.82) is 0 Å². The number of aryl methyl sites for hydroxylation is 1. The zero-order valence-electron chi connectivity index (χ0n) is 12.9. The zero-order valence-corrected chi connectivity index (χ0v) is 12.9. The Morgan fingerprint density at radius 2 is 2.09 bits per heavy atom. The lowest BCUT2D eigenvalue weighted by molar-refractivity contribution is -0.138. The standard InChI is InChI=1S/C16H19N3O3/c1-11(2)18(10-15(20)21)16(22)13-5-6-14(12(3)9-13)19-8-4-7-17-19/h4-9,11H,10H2,1-3H3,(H,20,21). The number of hydrogen-bond donors (Lipinski definition) is 1. The summed E-state index contributed by atoms with van der Waals surface area (Å²) in [5.41, 5.74) is 2.26. The summed E-state index contributed by atoms with van der Waals surface area (Å²) in [5.74, 6) is -1.31. The van der Waals surface area contributed by atoms with Gasteiger partial charge in [0.25, 0.3) is 5.91 Å². The van der Waals surface area contributed by atoms with Gasteiger partial charge in [-0.1, -0.05) is 0 Å². The molecule has 0 aliphatic carbocycles. The molecule has 0 fully saturated rings. The molecule has 2 aromatic rings. The van der Waals surface area contributed by atoms with Crippen molar-refractivity contribution in [2.24, 2.45) is 0 Å². The van der Waals surface area contributed by atoms with E-state index in [0.29, 0.717) is 5.56 Å². The largest absolute Gasteiger partial charge is 0.480 e. The first-order valence-electron chi connectivity index (χ1n) is 7.03. The molecule has 1 heterocycles. The van der Waals surface area contributed by atoms with Crippen molar-refractivity contribution in [3.8, 4) is 5.69 Å². The zero-order chi connectivity index (χ0) is 16.3. The van der Waals surface area contributed by atoms with Crippen LogP contribution in [0.2, 0.25) is 0 Å². The summed E-state index contributed by atoms with van der Waals surface area (Å²) >= 11 is 0. The van der Waals surface area contributed by atoms with Gasteiger partial charge in [-0.25, -0.2) is 4.68 Å². The van der Waals surface area contributed by atoms with Crippen LogP contribution in [0.3, 0.4) is 0 Å². The summed E-state index contributed by atoms with van der Waals surface area (Å²) in [6, 6.07) is 6.91. The van der Waals surface area contributed by atoms with Crippen LogP contribution in [0.25, 0.3) is 5.69 Å². The van der Waals surface area contributed by atoms with E-state index in [1.807, 2.05) is 25.3 Å². The molecule has 1 aromatic heterocycles. The molecule has 0 saturated heterocycles. The smallest absolute Gasteiger partial charge is 0.323 e. The molecule has 1 aromatic carbocycles. The molecule has 0 unspecified atom stereocenters. The number of rotatable bonds is 5. The average Bonchev–Trinajstić information content (AvgIpc) is 2.97. The SMILES string of the molecule is Cc1cc(C(=O)N(CC(=O)O)C(C)C)ccc1-n1cccn1. The van der Waals surface area contributed by atoms with Crippen LogP contribution in [0.15, 0.2) is 36.7 Å². The van der Waals surface area contributed by atoms with Crippen molar-refractivity contribution >= 4 is 11.9 Å². The summed E-state index contributed by atoms with van der Waals surface area (Å²) < 4.78 is 1.72. The molecule has 0 bridgehead atoms. The third kappa shape index (κ3) is 3.33. The Bertz CT molecular complexity index is 678. The van der Waals surface area contributed by atoms with Crippen LogP contribution in [0.1, 0.15) is 29.8 Å². The summed E-state index contributed by atoms with van der Waals surface area (Å²) in [6.07, 6.45) is 3.51. The Balaban J connectivity index is 2.30. The predicted molar refractivity (Wildman–Crippen MR) is 82.1 cm³/mol. The minimum atomic E-state index is -1.02. The van der Waals surface area contributed by atoms with Crippen molar-refractivity contribution in [3.63, 3.8) is 0 Å². The van der Waals surface area contributed by atoms with E-state index in [4.69, 9.17) is 5.11 Å². The van der Waals surface area contributed by atoms with Gasteiger partial charge in [0, 0.05) is 24.0 Å². The van der Waals surface area contributed by atoms with Crippen molar-refractivity contribution in [1.82, 2.24) is 14.7 Å². The lowest BCUT2D eigenvalue weighted by Crippen LogP contribution is -2.40. The van der Waals surface area contributed by atoms with E-state index in [1.165, 1.54) is 4.90 Å². The van der Waals surface area contributed by atoms with E-state index >= 15 is 0 Å². The molecule has 0 saturated carbocycles. The highest BCUT2D eigenvalue weighted by atomic mass is 16.4. The summed E-state index contributed by atoms with van der Waals surface area (Å²) in [6.45, 7) is 5.18. The van der Waals surface area contributed by atoms with Gasteiger partial charge in [0.1, 0.15) is 6.54 Å². The molecule has 0 spiro atoms. The second-order valence-corrected chi connectivity index (χ2v) is 5.37. The van der Waals surface area contributed by atoms with Crippen LogP contribution in [-0.4, -0.2) is 44.3 Å². The lowest BCUT2D eigenvalue weighted by Gasteiger charge is -2.25. The van der Waals surface area contributed by atoms with Crippen molar-refractivity contribution in [2.45, 2.75) is 26.8 Å². The first-order chi connectivity index (χ1) is 10.4. The summed E-state index contributed by atoms with van der Waals surface area (Å²) in [4.78, 5) is 24.8. The fraction of sp³-hybridized carbons (Fsp3) is 0.312. The fourth-order valence-electron chi connectivity index (χ4n) is 2.26. The first kappa shape index (κ1) is 15.8. The van der Waals surface area contributed by atoms with E-state index in [9.17, 15) is 9.59 Å². The minimum Gasteiger partial charge on any atom is -0.480 e.